The molecule has 0 aliphatic carbocycles. The molecule has 0 atom stereocenters. The molecule has 4 nitrogen and oxygen atoms in total. The summed E-state index contributed by atoms with van der Waals surface area (Å²) in [6.45, 7) is 5.85. The highest BCUT2D eigenvalue weighted by Crippen LogP contribution is 2.15. The van der Waals surface area contributed by atoms with E-state index in [9.17, 15) is 10.1 Å². The predicted octanol–water partition coefficient (Wildman–Crippen LogP) is 4.01. The molecule has 4 heteroatoms. The van der Waals surface area contributed by atoms with Crippen molar-refractivity contribution in [1.29, 1.82) is 0 Å². The zero-order valence-corrected chi connectivity index (χ0v) is 12.4. The van der Waals surface area contributed by atoms with Crippen molar-refractivity contribution in [2.24, 2.45) is 0 Å². The van der Waals surface area contributed by atoms with Crippen LogP contribution < -0.4 is 5.32 Å². The molecule has 0 aromatic heterocycles. The summed E-state index contributed by atoms with van der Waals surface area (Å²) >= 11 is 0. The van der Waals surface area contributed by atoms with E-state index in [1.807, 2.05) is 0 Å². The smallest absolute Gasteiger partial charge is 0.269 e. The van der Waals surface area contributed by atoms with Gasteiger partial charge in [0.05, 0.1) is 4.92 Å². The Bertz CT molecular complexity index is 589. The van der Waals surface area contributed by atoms with Gasteiger partial charge in [-0.1, -0.05) is 50.2 Å². The molecule has 21 heavy (non-hydrogen) atoms. The first-order valence-corrected chi connectivity index (χ1v) is 7.09. The molecule has 0 heterocycles. The van der Waals surface area contributed by atoms with Crippen LogP contribution in [0.25, 0.3) is 0 Å². The number of nitrogens with one attached hydrogen (secondary N) is 1. The first-order valence-electron chi connectivity index (χ1n) is 7.09. The Morgan fingerprint density at radius 2 is 1.43 bits per heavy atom. The third-order valence-electron chi connectivity index (χ3n) is 3.45. The fraction of sp³-hybridized carbons (Fsp3) is 0.294. The molecule has 2 aromatic rings. The summed E-state index contributed by atoms with van der Waals surface area (Å²) in [7, 11) is 0. The zero-order chi connectivity index (χ0) is 15.2. The second-order valence-electron chi connectivity index (χ2n) is 5.42. The van der Waals surface area contributed by atoms with Gasteiger partial charge in [-0.15, -0.1) is 0 Å². The van der Waals surface area contributed by atoms with Gasteiger partial charge in [0.25, 0.3) is 5.69 Å². The molecular weight excluding hydrogens is 264 g/mol. The normalized spacial score (nSPS) is 10.8. The Kier molecular flexibility index (Phi) is 5.06. The van der Waals surface area contributed by atoms with Crippen molar-refractivity contribution >= 4 is 5.69 Å². The summed E-state index contributed by atoms with van der Waals surface area (Å²) in [6, 6.07) is 15.2. The molecule has 0 aliphatic rings. The Balaban J connectivity index is 1.85. The number of non-ortho nitro benzene ring substituents is 1. The van der Waals surface area contributed by atoms with Crippen LogP contribution in [-0.2, 0) is 13.1 Å². The van der Waals surface area contributed by atoms with E-state index in [0.29, 0.717) is 12.5 Å². The predicted molar refractivity (Wildman–Crippen MR) is 84.2 cm³/mol. The third-order valence-corrected chi connectivity index (χ3v) is 3.45. The minimum absolute atomic E-state index is 0.128. The molecule has 0 amide bonds. The molecule has 0 spiro atoms. The van der Waals surface area contributed by atoms with Crippen LogP contribution in [0.4, 0.5) is 5.69 Å². The molecule has 0 unspecified atom stereocenters. The van der Waals surface area contributed by atoms with Crippen LogP contribution in [0.15, 0.2) is 48.5 Å². The summed E-state index contributed by atoms with van der Waals surface area (Å²) in [5.41, 5.74) is 3.75. The molecule has 2 aromatic carbocycles. The van der Waals surface area contributed by atoms with Crippen molar-refractivity contribution in [3.05, 3.63) is 75.3 Å². The monoisotopic (exact) mass is 284 g/mol. The Morgan fingerprint density at radius 1 is 0.952 bits per heavy atom. The number of nitro benzene ring substituents is 1. The Labute approximate surface area is 125 Å². The second-order valence-corrected chi connectivity index (χ2v) is 5.42. The van der Waals surface area contributed by atoms with Gasteiger partial charge in [-0.05, 0) is 22.6 Å². The average Bonchev–Trinajstić information content (AvgIpc) is 2.48. The van der Waals surface area contributed by atoms with Crippen molar-refractivity contribution in [3.63, 3.8) is 0 Å². The van der Waals surface area contributed by atoms with Crippen molar-refractivity contribution in [2.75, 3.05) is 0 Å². The summed E-state index contributed by atoms with van der Waals surface area (Å²) in [5.74, 6) is 0.548. The zero-order valence-electron chi connectivity index (χ0n) is 12.4. The van der Waals surface area contributed by atoms with E-state index in [-0.39, 0.29) is 10.6 Å². The van der Waals surface area contributed by atoms with Crippen LogP contribution >= 0.6 is 0 Å². The lowest BCUT2D eigenvalue weighted by atomic mass is 10.0. The highest BCUT2D eigenvalue weighted by atomic mass is 16.6. The first kappa shape index (κ1) is 15.2. The van der Waals surface area contributed by atoms with Crippen LogP contribution in [0.2, 0.25) is 0 Å². The van der Waals surface area contributed by atoms with Crippen molar-refractivity contribution in [1.82, 2.24) is 5.32 Å². The molecule has 0 aliphatic heterocycles. The van der Waals surface area contributed by atoms with Crippen LogP contribution in [0, 0.1) is 10.1 Å². The molecular formula is C17H20N2O2. The molecule has 1 N–H and O–H groups in total. The van der Waals surface area contributed by atoms with Crippen LogP contribution in [0.1, 0.15) is 36.5 Å². The molecule has 0 bridgehead atoms. The van der Waals surface area contributed by atoms with Gasteiger partial charge in [-0.25, -0.2) is 0 Å². The minimum atomic E-state index is -0.381. The van der Waals surface area contributed by atoms with E-state index in [0.717, 1.165) is 12.1 Å². The van der Waals surface area contributed by atoms with E-state index >= 15 is 0 Å². The topological polar surface area (TPSA) is 55.2 Å². The molecule has 0 saturated carbocycles. The average molecular weight is 284 g/mol. The SMILES string of the molecule is CC(C)c1ccc(CNCc2ccc([N+](=O)[O-])cc2)cc1. The maximum atomic E-state index is 10.6. The van der Waals surface area contributed by atoms with Gasteiger partial charge in [0.1, 0.15) is 0 Å². The maximum absolute atomic E-state index is 10.6. The maximum Gasteiger partial charge on any atom is 0.269 e. The van der Waals surface area contributed by atoms with Gasteiger partial charge in [0.2, 0.25) is 0 Å². The number of nitro groups is 1. The van der Waals surface area contributed by atoms with Gasteiger partial charge in [0, 0.05) is 25.2 Å². The van der Waals surface area contributed by atoms with Gasteiger partial charge >= 0.3 is 0 Å². The van der Waals surface area contributed by atoms with Crippen molar-refractivity contribution < 1.29 is 4.92 Å². The lowest BCUT2D eigenvalue weighted by molar-refractivity contribution is -0.384. The largest absolute Gasteiger partial charge is 0.309 e. The van der Waals surface area contributed by atoms with Gasteiger partial charge in [-0.3, -0.25) is 10.1 Å². The lowest BCUT2D eigenvalue weighted by Crippen LogP contribution is -2.12. The van der Waals surface area contributed by atoms with E-state index in [2.05, 4.69) is 43.4 Å². The van der Waals surface area contributed by atoms with E-state index in [4.69, 9.17) is 0 Å². The fourth-order valence-corrected chi connectivity index (χ4v) is 2.11. The first-order chi connectivity index (χ1) is 10.1. The third kappa shape index (κ3) is 4.39. The lowest BCUT2D eigenvalue weighted by Gasteiger charge is -2.08. The van der Waals surface area contributed by atoms with Crippen LogP contribution in [0.3, 0.4) is 0 Å². The van der Waals surface area contributed by atoms with E-state index in [1.54, 1.807) is 12.1 Å². The summed E-state index contributed by atoms with van der Waals surface area (Å²) in [4.78, 5) is 10.2. The molecule has 0 fully saturated rings. The standard InChI is InChI=1S/C17H20N2O2/c1-13(2)16-7-3-14(4-8-16)11-18-12-15-5-9-17(10-6-15)19(20)21/h3-10,13,18H,11-12H2,1-2H3. The second kappa shape index (κ2) is 6.99. The number of benzene rings is 2. The van der Waals surface area contributed by atoms with E-state index in [1.165, 1.54) is 23.3 Å². The number of nitrogens with zero attached hydrogens (tertiary/aromatic N) is 1. The van der Waals surface area contributed by atoms with Gasteiger partial charge in [0.15, 0.2) is 0 Å². The molecule has 0 saturated heterocycles. The highest BCUT2D eigenvalue weighted by Gasteiger charge is 2.03. The summed E-state index contributed by atoms with van der Waals surface area (Å²) in [5, 5.41) is 13.9. The van der Waals surface area contributed by atoms with Crippen molar-refractivity contribution in [3.8, 4) is 0 Å². The summed E-state index contributed by atoms with van der Waals surface area (Å²) < 4.78 is 0. The quantitative estimate of drug-likeness (QED) is 0.644. The molecule has 2 rings (SSSR count). The number of rotatable bonds is 6. The van der Waals surface area contributed by atoms with Crippen LogP contribution in [0.5, 0.6) is 0 Å². The molecule has 0 radical (unpaired) electrons. The van der Waals surface area contributed by atoms with Crippen LogP contribution in [-0.4, -0.2) is 4.92 Å². The fourth-order valence-electron chi connectivity index (χ4n) is 2.11. The number of hydrogen-bond donors (Lipinski definition) is 1. The van der Waals surface area contributed by atoms with Crippen molar-refractivity contribution in [2.45, 2.75) is 32.9 Å². The number of hydrogen-bond acceptors (Lipinski definition) is 3. The van der Waals surface area contributed by atoms with Gasteiger partial charge in [-0.2, -0.15) is 0 Å². The Hall–Kier alpha value is -2.20. The van der Waals surface area contributed by atoms with Gasteiger partial charge < -0.3 is 5.32 Å². The Morgan fingerprint density at radius 3 is 1.86 bits per heavy atom. The summed E-state index contributed by atoms with van der Waals surface area (Å²) in [6.07, 6.45) is 0. The van der Waals surface area contributed by atoms with E-state index < -0.39 is 0 Å². The minimum Gasteiger partial charge on any atom is -0.309 e. The highest BCUT2D eigenvalue weighted by molar-refractivity contribution is 5.32. The molecule has 110 valence electrons.